The highest BCUT2D eigenvalue weighted by atomic mass is 35.5. The molecule has 2 heterocycles. The van der Waals surface area contributed by atoms with Crippen LogP contribution in [0.2, 0.25) is 5.02 Å². The predicted octanol–water partition coefficient (Wildman–Crippen LogP) is 5.37. The summed E-state index contributed by atoms with van der Waals surface area (Å²) < 4.78 is 1.52. The average Bonchev–Trinajstić information content (AvgIpc) is 3.51. The van der Waals surface area contributed by atoms with E-state index >= 15 is 0 Å². The normalized spacial score (nSPS) is 26.2. The van der Waals surface area contributed by atoms with Crippen LogP contribution in [0.3, 0.4) is 0 Å². The first-order valence-corrected chi connectivity index (χ1v) is 15.1. The Hall–Kier alpha value is -3.07. The smallest absolute Gasteiger partial charge is 0.306 e. The third kappa shape index (κ3) is 6.62. The van der Waals surface area contributed by atoms with E-state index in [9.17, 15) is 19.5 Å². The van der Waals surface area contributed by atoms with E-state index in [0.717, 1.165) is 38.5 Å². The maximum Gasteiger partial charge on any atom is 0.306 e. The fourth-order valence-electron chi connectivity index (χ4n) is 7.16. The molecule has 3 aliphatic rings. The Kier molecular flexibility index (Phi) is 9.29. The van der Waals surface area contributed by atoms with Crippen molar-refractivity contribution in [1.29, 1.82) is 0 Å². The SMILES string of the molecule is O=C(O)C1CCC(CC(=O)C2C(C3CCCCC3)CCCN2C(=O)/C=C/c2cc(Cl)ccc2-n2cnnn2)CC1. The van der Waals surface area contributed by atoms with Crippen molar-refractivity contribution in [2.45, 2.75) is 83.1 Å². The topological polar surface area (TPSA) is 118 Å². The highest BCUT2D eigenvalue weighted by molar-refractivity contribution is 6.30. The fraction of sp³-hybridized carbons (Fsp3) is 0.600. The summed E-state index contributed by atoms with van der Waals surface area (Å²) in [6.07, 6.45) is 15.6. The second-order valence-corrected chi connectivity index (χ2v) is 12.1. The van der Waals surface area contributed by atoms with Crippen LogP contribution < -0.4 is 0 Å². The molecule has 2 aliphatic carbocycles. The van der Waals surface area contributed by atoms with Crippen LogP contribution in [0.5, 0.6) is 0 Å². The molecule has 9 nitrogen and oxygen atoms in total. The summed E-state index contributed by atoms with van der Waals surface area (Å²) in [5.41, 5.74) is 1.40. The first kappa shape index (κ1) is 28.5. The molecule has 5 rings (SSSR count). The molecule has 0 radical (unpaired) electrons. The Morgan fingerprint density at radius 3 is 2.48 bits per heavy atom. The van der Waals surface area contributed by atoms with Crippen LogP contribution in [0, 0.1) is 23.7 Å². The van der Waals surface area contributed by atoms with Crippen molar-refractivity contribution in [1.82, 2.24) is 25.1 Å². The summed E-state index contributed by atoms with van der Waals surface area (Å²) in [6, 6.07) is 4.88. The van der Waals surface area contributed by atoms with Gasteiger partial charge >= 0.3 is 5.97 Å². The van der Waals surface area contributed by atoms with Crippen molar-refractivity contribution >= 4 is 35.3 Å². The number of likely N-dealkylation sites (tertiary alicyclic amines) is 1. The lowest BCUT2D eigenvalue weighted by Gasteiger charge is -2.45. The van der Waals surface area contributed by atoms with Gasteiger partial charge in [-0.2, -0.15) is 4.68 Å². The number of rotatable bonds is 8. The molecule has 2 atom stereocenters. The maximum absolute atomic E-state index is 14.0. The van der Waals surface area contributed by atoms with Crippen molar-refractivity contribution in [3.8, 4) is 5.69 Å². The zero-order valence-electron chi connectivity index (χ0n) is 22.8. The van der Waals surface area contributed by atoms with Gasteiger partial charge < -0.3 is 10.0 Å². The number of aliphatic carboxylic acids is 1. The molecule has 2 unspecified atom stereocenters. The Bertz CT molecular complexity index is 1220. The van der Waals surface area contributed by atoms with E-state index in [1.165, 1.54) is 30.3 Å². The number of carbonyl (C=O) groups excluding carboxylic acids is 2. The molecule has 1 aromatic heterocycles. The number of amides is 1. The predicted molar refractivity (Wildman–Crippen MR) is 151 cm³/mol. The molecule has 2 saturated carbocycles. The lowest BCUT2D eigenvalue weighted by molar-refractivity contribution is -0.144. The Morgan fingerprint density at radius 2 is 1.77 bits per heavy atom. The summed E-state index contributed by atoms with van der Waals surface area (Å²) >= 11 is 6.26. The van der Waals surface area contributed by atoms with Gasteiger partial charge in [0.25, 0.3) is 0 Å². The molecular weight excluding hydrogens is 530 g/mol. The summed E-state index contributed by atoms with van der Waals surface area (Å²) in [5, 5.41) is 21.3. The molecule has 0 spiro atoms. The molecule has 3 fully saturated rings. The molecule has 2 aromatic rings. The first-order chi connectivity index (χ1) is 19.4. The number of Topliss-reactive ketones (excluding diaryl/α,β-unsaturated/α-hetero) is 1. The quantitative estimate of drug-likeness (QED) is 0.426. The Labute approximate surface area is 240 Å². The maximum atomic E-state index is 14.0. The van der Waals surface area contributed by atoms with Crippen LogP contribution in [0.15, 0.2) is 30.6 Å². The third-order valence-electron chi connectivity index (χ3n) is 9.22. The number of nitrogens with zero attached hydrogens (tertiary/aromatic N) is 5. The Morgan fingerprint density at radius 1 is 1.00 bits per heavy atom. The summed E-state index contributed by atoms with van der Waals surface area (Å²) in [5.74, 6) is -0.231. The number of tetrazole rings is 1. The van der Waals surface area contributed by atoms with Crippen molar-refractivity contribution in [3.05, 3.63) is 41.2 Å². The molecule has 10 heteroatoms. The molecule has 214 valence electrons. The van der Waals surface area contributed by atoms with Crippen molar-refractivity contribution < 1.29 is 19.5 Å². The van der Waals surface area contributed by atoms with E-state index < -0.39 is 12.0 Å². The number of ketones is 1. The van der Waals surface area contributed by atoms with Crippen LogP contribution in [0.25, 0.3) is 11.8 Å². The zero-order valence-corrected chi connectivity index (χ0v) is 23.6. The summed E-state index contributed by atoms with van der Waals surface area (Å²) in [6.45, 7) is 0.559. The monoisotopic (exact) mass is 567 g/mol. The van der Waals surface area contributed by atoms with Crippen molar-refractivity contribution in [3.63, 3.8) is 0 Å². The summed E-state index contributed by atoms with van der Waals surface area (Å²) in [7, 11) is 0. The number of carboxylic acid groups (broad SMARTS) is 1. The molecule has 1 aliphatic heterocycles. The van der Waals surface area contributed by atoms with E-state index in [0.29, 0.717) is 48.0 Å². The van der Waals surface area contributed by atoms with E-state index in [1.54, 1.807) is 30.4 Å². The van der Waals surface area contributed by atoms with Gasteiger partial charge in [0.1, 0.15) is 6.33 Å². The zero-order chi connectivity index (χ0) is 28.1. The number of piperidine rings is 1. The van der Waals surface area contributed by atoms with E-state index in [-0.39, 0.29) is 29.4 Å². The van der Waals surface area contributed by atoms with Gasteiger partial charge in [0, 0.05) is 29.6 Å². The van der Waals surface area contributed by atoms with E-state index in [2.05, 4.69) is 15.5 Å². The third-order valence-corrected chi connectivity index (χ3v) is 9.46. The fourth-order valence-corrected chi connectivity index (χ4v) is 7.34. The first-order valence-electron chi connectivity index (χ1n) is 14.7. The molecule has 1 N–H and O–H groups in total. The number of hydrogen-bond donors (Lipinski definition) is 1. The summed E-state index contributed by atoms with van der Waals surface area (Å²) in [4.78, 5) is 41.0. The van der Waals surface area contributed by atoms with Crippen LogP contribution in [-0.4, -0.2) is 60.5 Å². The molecule has 1 aromatic carbocycles. The number of carboxylic acids is 1. The highest BCUT2D eigenvalue weighted by Crippen LogP contribution is 2.40. The minimum Gasteiger partial charge on any atom is -0.481 e. The van der Waals surface area contributed by atoms with Gasteiger partial charge in [-0.25, -0.2) is 0 Å². The standard InChI is InChI=1S/C30H38ClN5O4/c31-24-13-14-26(36-19-32-33-34-36)23(18-24)12-15-28(38)35-16-4-7-25(21-5-2-1-3-6-21)29(35)27(37)17-20-8-10-22(11-9-20)30(39)40/h12-15,18-22,25,29H,1-11,16-17H2,(H,39,40)/b15-12+. The van der Waals surface area contributed by atoms with Crippen LogP contribution >= 0.6 is 11.6 Å². The van der Waals surface area contributed by atoms with Gasteiger partial charge in [-0.1, -0.05) is 43.7 Å². The highest BCUT2D eigenvalue weighted by Gasteiger charge is 2.43. The van der Waals surface area contributed by atoms with Crippen LogP contribution in [0.1, 0.15) is 82.6 Å². The minimum absolute atomic E-state index is 0.146. The van der Waals surface area contributed by atoms with Gasteiger partial charge in [-0.05, 0) is 91.0 Å². The molecular formula is C30H38ClN5O4. The van der Waals surface area contributed by atoms with Gasteiger partial charge in [-0.15, -0.1) is 5.10 Å². The largest absolute Gasteiger partial charge is 0.481 e. The second kappa shape index (κ2) is 13.1. The molecule has 40 heavy (non-hydrogen) atoms. The van der Waals surface area contributed by atoms with E-state index in [1.807, 2.05) is 4.90 Å². The number of halogens is 1. The van der Waals surface area contributed by atoms with Gasteiger partial charge in [0.2, 0.25) is 5.91 Å². The van der Waals surface area contributed by atoms with Crippen LogP contribution in [-0.2, 0) is 14.4 Å². The number of benzene rings is 1. The average molecular weight is 568 g/mol. The minimum atomic E-state index is -0.735. The van der Waals surface area contributed by atoms with Crippen LogP contribution in [0.4, 0.5) is 0 Å². The number of aromatic nitrogens is 4. The number of carbonyl (C=O) groups is 3. The van der Waals surface area contributed by atoms with E-state index in [4.69, 9.17) is 11.6 Å². The second-order valence-electron chi connectivity index (χ2n) is 11.7. The van der Waals surface area contributed by atoms with Gasteiger partial charge in [0.15, 0.2) is 5.78 Å². The lowest BCUT2D eigenvalue weighted by Crippen LogP contribution is -2.54. The van der Waals surface area contributed by atoms with Gasteiger partial charge in [-0.3, -0.25) is 14.4 Å². The van der Waals surface area contributed by atoms with Crippen molar-refractivity contribution in [2.24, 2.45) is 23.7 Å². The van der Waals surface area contributed by atoms with Gasteiger partial charge in [0.05, 0.1) is 17.6 Å². The Balaban J connectivity index is 1.36. The molecule has 0 bridgehead atoms. The number of hydrogen-bond acceptors (Lipinski definition) is 6. The molecule has 1 amide bonds. The van der Waals surface area contributed by atoms with Crippen molar-refractivity contribution in [2.75, 3.05) is 6.54 Å². The lowest BCUT2D eigenvalue weighted by atomic mass is 9.70. The molecule has 1 saturated heterocycles.